The Morgan fingerprint density at radius 2 is 1.81 bits per heavy atom. The highest BCUT2D eigenvalue weighted by Crippen LogP contribution is 2.33. The smallest absolute Gasteiger partial charge is 0.287 e. The van der Waals surface area contributed by atoms with Crippen molar-refractivity contribution in [1.29, 1.82) is 0 Å². The number of nitrogens with one attached hydrogen (secondary N) is 2. The second-order valence-corrected chi connectivity index (χ2v) is 9.13. The Balaban J connectivity index is 1.74. The molecule has 0 radical (unpaired) electrons. The molecule has 2 aromatic carbocycles. The Morgan fingerprint density at radius 1 is 1.06 bits per heavy atom. The maximum absolute atomic E-state index is 15.1. The van der Waals surface area contributed by atoms with Gasteiger partial charge in [0.25, 0.3) is 5.91 Å². The zero-order valence-electron chi connectivity index (χ0n) is 20.4. The van der Waals surface area contributed by atoms with Crippen LogP contribution in [0, 0.1) is 19.7 Å². The van der Waals surface area contributed by atoms with Crippen LogP contribution in [0.4, 0.5) is 10.1 Å². The Hall–Kier alpha value is -3.94. The standard InChI is InChI=1S/C28H30FN3O4/c1-18-13-14-19(2)23(16-18)32(25(33)17-30-27(34)24-12-7-15-36-24)26(21-10-5-6-11-22(21)29)28(35)31-20-8-3-4-9-20/h5-7,10-16,20,26H,3-4,8-9,17H2,1-2H3,(H,30,34)(H,31,35). The van der Waals surface area contributed by atoms with Crippen molar-refractivity contribution in [2.45, 2.75) is 51.6 Å². The first-order valence-electron chi connectivity index (χ1n) is 12.1. The van der Waals surface area contributed by atoms with Crippen LogP contribution in [0.5, 0.6) is 0 Å². The predicted molar refractivity (Wildman–Crippen MR) is 134 cm³/mol. The summed E-state index contributed by atoms with van der Waals surface area (Å²) < 4.78 is 20.2. The van der Waals surface area contributed by atoms with Gasteiger partial charge in [-0.15, -0.1) is 0 Å². The summed E-state index contributed by atoms with van der Waals surface area (Å²) in [6.45, 7) is 3.29. The quantitative estimate of drug-likeness (QED) is 0.482. The number of rotatable bonds is 8. The molecule has 188 valence electrons. The van der Waals surface area contributed by atoms with Gasteiger partial charge in [-0.25, -0.2) is 4.39 Å². The van der Waals surface area contributed by atoms with Gasteiger partial charge in [0.2, 0.25) is 11.8 Å². The molecule has 0 bridgehead atoms. The van der Waals surface area contributed by atoms with Gasteiger partial charge in [0, 0.05) is 17.3 Å². The van der Waals surface area contributed by atoms with E-state index in [4.69, 9.17) is 4.42 Å². The molecule has 3 aromatic rings. The normalized spacial score (nSPS) is 14.3. The van der Waals surface area contributed by atoms with E-state index in [1.165, 1.54) is 29.4 Å². The summed E-state index contributed by atoms with van der Waals surface area (Å²) in [4.78, 5) is 41.2. The Labute approximate surface area is 209 Å². The van der Waals surface area contributed by atoms with E-state index in [-0.39, 0.29) is 17.4 Å². The molecule has 8 heteroatoms. The molecule has 7 nitrogen and oxygen atoms in total. The summed E-state index contributed by atoms with van der Waals surface area (Å²) in [7, 11) is 0. The molecule has 0 aliphatic heterocycles. The first-order valence-corrected chi connectivity index (χ1v) is 12.1. The second-order valence-electron chi connectivity index (χ2n) is 9.13. The first kappa shape index (κ1) is 25.2. The summed E-state index contributed by atoms with van der Waals surface area (Å²) in [5.41, 5.74) is 2.17. The summed E-state index contributed by atoms with van der Waals surface area (Å²) in [6.07, 6.45) is 5.06. The van der Waals surface area contributed by atoms with Gasteiger partial charge in [0.15, 0.2) is 5.76 Å². The number of anilines is 1. The van der Waals surface area contributed by atoms with Gasteiger partial charge in [-0.2, -0.15) is 0 Å². The van der Waals surface area contributed by atoms with Gasteiger partial charge in [0.1, 0.15) is 11.9 Å². The van der Waals surface area contributed by atoms with Crippen LogP contribution in [-0.2, 0) is 9.59 Å². The average Bonchev–Trinajstić information content (AvgIpc) is 3.58. The summed E-state index contributed by atoms with van der Waals surface area (Å²) >= 11 is 0. The van der Waals surface area contributed by atoms with Crippen LogP contribution in [-0.4, -0.2) is 30.3 Å². The van der Waals surface area contributed by atoms with E-state index in [9.17, 15) is 14.4 Å². The van der Waals surface area contributed by atoms with Crippen LogP contribution < -0.4 is 15.5 Å². The number of benzene rings is 2. The average molecular weight is 492 g/mol. The van der Waals surface area contributed by atoms with Crippen molar-refractivity contribution in [2.75, 3.05) is 11.4 Å². The lowest BCUT2D eigenvalue weighted by Gasteiger charge is -2.33. The van der Waals surface area contributed by atoms with Crippen molar-refractivity contribution in [3.05, 3.63) is 89.1 Å². The molecule has 1 atom stereocenters. The van der Waals surface area contributed by atoms with Crippen molar-refractivity contribution >= 4 is 23.4 Å². The van der Waals surface area contributed by atoms with E-state index < -0.39 is 36.1 Å². The molecule has 1 fully saturated rings. The van der Waals surface area contributed by atoms with Crippen molar-refractivity contribution < 1.29 is 23.2 Å². The monoisotopic (exact) mass is 491 g/mol. The maximum atomic E-state index is 15.1. The fraction of sp³-hybridized carbons (Fsp3) is 0.321. The van der Waals surface area contributed by atoms with Gasteiger partial charge in [0.05, 0.1) is 12.8 Å². The third-order valence-electron chi connectivity index (χ3n) is 6.45. The molecular formula is C28H30FN3O4. The van der Waals surface area contributed by atoms with E-state index in [0.717, 1.165) is 36.8 Å². The lowest BCUT2D eigenvalue weighted by atomic mass is 10.00. The summed E-state index contributed by atoms with van der Waals surface area (Å²) in [5.74, 6) is -2.11. The third-order valence-corrected chi connectivity index (χ3v) is 6.45. The topological polar surface area (TPSA) is 91.7 Å². The lowest BCUT2D eigenvalue weighted by Crippen LogP contribution is -2.49. The van der Waals surface area contributed by atoms with Gasteiger partial charge < -0.3 is 15.1 Å². The number of hydrogen-bond donors (Lipinski definition) is 2. The fourth-order valence-electron chi connectivity index (χ4n) is 4.58. The molecule has 0 spiro atoms. The molecule has 1 aliphatic carbocycles. The minimum atomic E-state index is -1.26. The van der Waals surface area contributed by atoms with Crippen molar-refractivity contribution in [3.8, 4) is 0 Å². The highest BCUT2D eigenvalue weighted by molar-refractivity contribution is 6.04. The van der Waals surface area contributed by atoms with Crippen LogP contribution in [0.3, 0.4) is 0 Å². The molecule has 1 saturated carbocycles. The zero-order chi connectivity index (χ0) is 25.7. The molecule has 0 saturated heterocycles. The largest absolute Gasteiger partial charge is 0.459 e. The Kier molecular flexibility index (Phi) is 7.83. The molecule has 1 aliphatic rings. The van der Waals surface area contributed by atoms with E-state index in [0.29, 0.717) is 5.69 Å². The minimum absolute atomic E-state index is 0.0269. The van der Waals surface area contributed by atoms with Crippen LogP contribution in [0.15, 0.2) is 65.3 Å². The number of nitrogens with zero attached hydrogens (tertiary/aromatic N) is 1. The number of carbonyl (C=O) groups excluding carboxylic acids is 3. The molecule has 1 aromatic heterocycles. The molecule has 1 unspecified atom stereocenters. The maximum Gasteiger partial charge on any atom is 0.287 e. The van der Waals surface area contributed by atoms with E-state index >= 15 is 4.39 Å². The molecule has 3 amide bonds. The summed E-state index contributed by atoms with van der Waals surface area (Å²) in [6, 6.07) is 13.3. The highest BCUT2D eigenvalue weighted by Gasteiger charge is 2.36. The van der Waals surface area contributed by atoms with E-state index in [1.54, 1.807) is 24.3 Å². The molecule has 1 heterocycles. The minimum Gasteiger partial charge on any atom is -0.459 e. The van der Waals surface area contributed by atoms with Crippen molar-refractivity contribution in [3.63, 3.8) is 0 Å². The number of aryl methyl sites for hydroxylation is 2. The Morgan fingerprint density at radius 3 is 2.50 bits per heavy atom. The van der Waals surface area contributed by atoms with Gasteiger partial charge in [-0.1, -0.05) is 43.2 Å². The molecule has 36 heavy (non-hydrogen) atoms. The van der Waals surface area contributed by atoms with Crippen molar-refractivity contribution in [1.82, 2.24) is 10.6 Å². The van der Waals surface area contributed by atoms with Crippen LogP contribution in [0.25, 0.3) is 0 Å². The summed E-state index contributed by atoms with van der Waals surface area (Å²) in [5, 5.41) is 5.58. The first-order chi connectivity index (χ1) is 17.3. The zero-order valence-corrected chi connectivity index (χ0v) is 20.4. The SMILES string of the molecule is Cc1ccc(C)c(N(C(=O)CNC(=O)c2ccco2)C(C(=O)NC2CCCC2)c2ccccc2F)c1. The van der Waals surface area contributed by atoms with E-state index in [2.05, 4.69) is 10.6 Å². The number of hydrogen-bond acceptors (Lipinski definition) is 4. The number of amides is 3. The number of halogens is 1. The van der Waals surface area contributed by atoms with Crippen LogP contribution in [0.1, 0.15) is 59.0 Å². The molecule has 2 N–H and O–H groups in total. The molecule has 4 rings (SSSR count). The van der Waals surface area contributed by atoms with Crippen molar-refractivity contribution in [2.24, 2.45) is 0 Å². The third kappa shape index (κ3) is 5.64. The van der Waals surface area contributed by atoms with Gasteiger partial charge in [-0.3, -0.25) is 19.3 Å². The van der Waals surface area contributed by atoms with Crippen LogP contribution in [0.2, 0.25) is 0 Å². The van der Waals surface area contributed by atoms with E-state index in [1.807, 2.05) is 26.0 Å². The second kappa shape index (κ2) is 11.2. The fourth-order valence-corrected chi connectivity index (χ4v) is 4.58. The predicted octanol–water partition coefficient (Wildman–Crippen LogP) is 4.60. The molecular weight excluding hydrogens is 461 g/mol. The van der Waals surface area contributed by atoms with Crippen LogP contribution >= 0.6 is 0 Å². The van der Waals surface area contributed by atoms with Gasteiger partial charge in [-0.05, 0) is 62.1 Å². The van der Waals surface area contributed by atoms with Gasteiger partial charge >= 0.3 is 0 Å². The highest BCUT2D eigenvalue weighted by atomic mass is 19.1. The lowest BCUT2D eigenvalue weighted by molar-refractivity contribution is -0.126. The number of furan rings is 1. The number of carbonyl (C=O) groups is 3. The Bertz CT molecular complexity index is 1240.